The van der Waals surface area contributed by atoms with Crippen molar-refractivity contribution in [2.24, 2.45) is 5.41 Å². The van der Waals surface area contributed by atoms with Gasteiger partial charge in [-0.15, -0.1) is 0 Å². The third-order valence-corrected chi connectivity index (χ3v) is 5.25. The number of carbonyl (C=O) groups excluding carboxylic acids is 3. The Bertz CT molecular complexity index is 756. The highest BCUT2D eigenvalue weighted by atomic mass is 35.5. The lowest BCUT2D eigenvalue weighted by atomic mass is 9.89. The minimum Gasteiger partial charge on any atom is -0.495 e. The number of amides is 3. The fraction of sp³-hybridized carbons (Fsp3) is 0.526. The molecule has 27 heavy (non-hydrogen) atoms. The standard InChI is InChI=1S/C19H26ClN3O4/c1-12-10-15(16(27-5)11-14(12)20)21-17(25)19(3,4)18(26)23-8-6-22(7-9-23)13(2)24/h10-11H,6-9H2,1-5H3,(H,21,25). The van der Waals surface area contributed by atoms with Crippen LogP contribution in [-0.2, 0) is 14.4 Å². The Kier molecular flexibility index (Phi) is 6.36. The SMILES string of the molecule is COc1cc(Cl)c(C)cc1NC(=O)C(C)(C)C(=O)N1CCN(C(C)=O)CC1. The van der Waals surface area contributed by atoms with E-state index < -0.39 is 11.3 Å². The zero-order chi connectivity index (χ0) is 20.4. The number of nitrogens with one attached hydrogen (secondary N) is 1. The Morgan fingerprint density at radius 3 is 2.19 bits per heavy atom. The molecule has 1 aliphatic rings. The summed E-state index contributed by atoms with van der Waals surface area (Å²) < 4.78 is 5.27. The van der Waals surface area contributed by atoms with Gasteiger partial charge in [-0.1, -0.05) is 11.6 Å². The van der Waals surface area contributed by atoms with E-state index in [0.29, 0.717) is 42.6 Å². The van der Waals surface area contributed by atoms with Crippen LogP contribution < -0.4 is 10.1 Å². The highest BCUT2D eigenvalue weighted by molar-refractivity contribution is 6.31. The van der Waals surface area contributed by atoms with Gasteiger partial charge in [0.2, 0.25) is 17.7 Å². The summed E-state index contributed by atoms with van der Waals surface area (Å²) in [5.74, 6) is -0.282. The zero-order valence-electron chi connectivity index (χ0n) is 16.4. The van der Waals surface area contributed by atoms with E-state index in [1.807, 2.05) is 6.92 Å². The topological polar surface area (TPSA) is 79.0 Å². The van der Waals surface area contributed by atoms with Gasteiger partial charge >= 0.3 is 0 Å². The Hall–Kier alpha value is -2.28. The summed E-state index contributed by atoms with van der Waals surface area (Å²) in [7, 11) is 1.49. The molecule has 0 bridgehead atoms. The molecule has 7 nitrogen and oxygen atoms in total. The van der Waals surface area contributed by atoms with Gasteiger partial charge in [-0.25, -0.2) is 0 Å². The molecule has 148 valence electrons. The summed E-state index contributed by atoms with van der Waals surface area (Å²) >= 11 is 6.10. The van der Waals surface area contributed by atoms with Crippen LogP contribution in [0.25, 0.3) is 0 Å². The maximum atomic E-state index is 12.9. The predicted octanol–water partition coefficient (Wildman–Crippen LogP) is 2.31. The first-order valence-corrected chi connectivity index (χ1v) is 9.16. The fourth-order valence-electron chi connectivity index (χ4n) is 2.93. The number of benzene rings is 1. The molecule has 1 aromatic rings. The molecule has 0 spiro atoms. The number of hydrogen-bond donors (Lipinski definition) is 1. The number of aryl methyl sites for hydroxylation is 1. The minimum atomic E-state index is -1.27. The van der Waals surface area contributed by atoms with E-state index in [1.54, 1.807) is 35.8 Å². The van der Waals surface area contributed by atoms with Crippen LogP contribution in [0, 0.1) is 12.3 Å². The number of methoxy groups -OCH3 is 1. The number of piperazine rings is 1. The summed E-state index contributed by atoms with van der Waals surface area (Å²) in [6, 6.07) is 3.34. The van der Waals surface area contributed by atoms with Crippen LogP contribution in [0.4, 0.5) is 5.69 Å². The van der Waals surface area contributed by atoms with Gasteiger partial charge in [0, 0.05) is 44.2 Å². The molecule has 1 aliphatic heterocycles. The Morgan fingerprint density at radius 2 is 1.67 bits per heavy atom. The number of nitrogens with zero attached hydrogens (tertiary/aromatic N) is 2. The highest BCUT2D eigenvalue weighted by Crippen LogP contribution is 2.32. The molecule has 0 aromatic heterocycles. The number of hydrogen-bond acceptors (Lipinski definition) is 4. The molecule has 1 N–H and O–H groups in total. The summed E-state index contributed by atoms with van der Waals surface area (Å²) in [4.78, 5) is 40.5. The van der Waals surface area contributed by atoms with Crippen molar-refractivity contribution in [1.29, 1.82) is 0 Å². The van der Waals surface area contributed by atoms with Gasteiger partial charge < -0.3 is 19.9 Å². The van der Waals surface area contributed by atoms with Gasteiger partial charge in [0.05, 0.1) is 12.8 Å². The van der Waals surface area contributed by atoms with Crippen molar-refractivity contribution < 1.29 is 19.1 Å². The van der Waals surface area contributed by atoms with Gasteiger partial charge in [0.1, 0.15) is 11.2 Å². The monoisotopic (exact) mass is 395 g/mol. The number of ether oxygens (including phenoxy) is 1. The van der Waals surface area contributed by atoms with E-state index in [1.165, 1.54) is 14.0 Å². The molecule has 1 saturated heterocycles. The lowest BCUT2D eigenvalue weighted by Crippen LogP contribution is -2.55. The molecule has 3 amide bonds. The number of rotatable bonds is 4. The van der Waals surface area contributed by atoms with Crippen LogP contribution in [0.2, 0.25) is 5.02 Å². The molecule has 0 saturated carbocycles. The van der Waals surface area contributed by atoms with Crippen molar-refractivity contribution >= 4 is 35.0 Å². The van der Waals surface area contributed by atoms with Gasteiger partial charge in [-0.2, -0.15) is 0 Å². The average Bonchev–Trinajstić information content (AvgIpc) is 2.63. The van der Waals surface area contributed by atoms with Crippen molar-refractivity contribution in [3.63, 3.8) is 0 Å². The van der Waals surface area contributed by atoms with Crippen molar-refractivity contribution in [2.75, 3.05) is 38.6 Å². The van der Waals surface area contributed by atoms with Gasteiger partial charge in [-0.05, 0) is 32.4 Å². The van der Waals surface area contributed by atoms with E-state index >= 15 is 0 Å². The number of anilines is 1. The first-order valence-electron chi connectivity index (χ1n) is 8.78. The summed E-state index contributed by atoms with van der Waals surface area (Å²) in [5, 5.41) is 3.31. The third kappa shape index (κ3) is 4.53. The minimum absolute atomic E-state index is 0.00990. The second-order valence-corrected chi connectivity index (χ2v) is 7.59. The maximum Gasteiger partial charge on any atom is 0.239 e. The van der Waals surface area contributed by atoms with Gasteiger partial charge in [0.15, 0.2) is 0 Å². The Balaban J connectivity index is 2.12. The molecule has 1 heterocycles. The molecule has 0 radical (unpaired) electrons. The lowest BCUT2D eigenvalue weighted by Gasteiger charge is -2.37. The quantitative estimate of drug-likeness (QED) is 0.793. The van der Waals surface area contributed by atoms with Crippen LogP contribution >= 0.6 is 11.6 Å². The van der Waals surface area contributed by atoms with Crippen molar-refractivity contribution in [2.45, 2.75) is 27.7 Å². The van der Waals surface area contributed by atoms with E-state index in [2.05, 4.69) is 5.32 Å². The molecule has 0 unspecified atom stereocenters. The summed E-state index contributed by atoms with van der Waals surface area (Å²) in [5.41, 5.74) is -0.0133. The van der Waals surface area contributed by atoms with Crippen molar-refractivity contribution in [3.05, 3.63) is 22.7 Å². The van der Waals surface area contributed by atoms with E-state index in [-0.39, 0.29) is 11.8 Å². The first-order chi connectivity index (χ1) is 12.6. The van der Waals surface area contributed by atoms with Gasteiger partial charge in [-0.3, -0.25) is 14.4 Å². The maximum absolute atomic E-state index is 12.9. The first kappa shape index (κ1) is 21.0. The molecule has 0 atom stereocenters. The zero-order valence-corrected chi connectivity index (χ0v) is 17.1. The van der Waals surface area contributed by atoms with Crippen LogP contribution in [0.1, 0.15) is 26.3 Å². The van der Waals surface area contributed by atoms with Crippen molar-refractivity contribution in [3.8, 4) is 5.75 Å². The van der Waals surface area contributed by atoms with Crippen LogP contribution in [-0.4, -0.2) is 60.8 Å². The summed E-state index contributed by atoms with van der Waals surface area (Å²) in [6.45, 7) is 8.30. The Labute approximate surface area is 164 Å². The highest BCUT2D eigenvalue weighted by Gasteiger charge is 2.40. The predicted molar refractivity (Wildman–Crippen MR) is 104 cm³/mol. The van der Waals surface area contributed by atoms with Gasteiger partial charge in [0.25, 0.3) is 0 Å². The lowest BCUT2D eigenvalue weighted by molar-refractivity contribution is -0.149. The van der Waals surface area contributed by atoms with Crippen LogP contribution in [0.3, 0.4) is 0 Å². The number of carbonyl (C=O) groups is 3. The van der Waals surface area contributed by atoms with Crippen LogP contribution in [0.15, 0.2) is 12.1 Å². The second kappa shape index (κ2) is 8.17. The second-order valence-electron chi connectivity index (χ2n) is 7.18. The van der Waals surface area contributed by atoms with E-state index in [0.717, 1.165) is 5.56 Å². The smallest absolute Gasteiger partial charge is 0.239 e. The Morgan fingerprint density at radius 1 is 1.11 bits per heavy atom. The third-order valence-electron chi connectivity index (χ3n) is 4.84. The van der Waals surface area contributed by atoms with E-state index in [4.69, 9.17) is 16.3 Å². The summed E-state index contributed by atoms with van der Waals surface area (Å²) in [6.07, 6.45) is 0. The largest absolute Gasteiger partial charge is 0.495 e. The molecule has 0 aliphatic carbocycles. The number of halogens is 1. The fourth-order valence-corrected chi connectivity index (χ4v) is 3.08. The molecule has 2 rings (SSSR count). The molecular formula is C19H26ClN3O4. The molecule has 1 aromatic carbocycles. The molecule has 8 heteroatoms. The van der Waals surface area contributed by atoms with E-state index in [9.17, 15) is 14.4 Å². The molecular weight excluding hydrogens is 370 g/mol. The van der Waals surface area contributed by atoms with Crippen molar-refractivity contribution in [1.82, 2.24) is 9.80 Å². The average molecular weight is 396 g/mol. The van der Waals surface area contributed by atoms with Crippen LogP contribution in [0.5, 0.6) is 5.75 Å². The molecule has 1 fully saturated rings. The normalized spacial score (nSPS) is 14.7.